The third-order valence-corrected chi connectivity index (χ3v) is 7.30. The summed E-state index contributed by atoms with van der Waals surface area (Å²) in [5.74, 6) is 0. The van der Waals surface area contributed by atoms with Crippen LogP contribution in [0.3, 0.4) is 0 Å². The van der Waals surface area contributed by atoms with E-state index >= 15 is 0 Å². The summed E-state index contributed by atoms with van der Waals surface area (Å²) in [4.78, 5) is 7.17. The van der Waals surface area contributed by atoms with Gasteiger partial charge in [-0.25, -0.2) is 4.52 Å². The van der Waals surface area contributed by atoms with E-state index in [0.29, 0.717) is 24.8 Å². The molecular weight excluding hydrogens is 402 g/mol. The molecule has 1 aliphatic carbocycles. The van der Waals surface area contributed by atoms with E-state index in [4.69, 9.17) is 5.73 Å². The second kappa shape index (κ2) is 7.12. The average molecular weight is 430 g/mol. The number of rotatable bonds is 2. The zero-order valence-corrected chi connectivity index (χ0v) is 18.1. The zero-order valence-electron chi connectivity index (χ0n) is 18.1. The molecule has 6 rings (SSSR count). The van der Waals surface area contributed by atoms with Crippen LogP contribution in [0.2, 0.25) is 0 Å². The molecule has 0 amide bonds. The highest BCUT2D eigenvalue weighted by Crippen LogP contribution is 2.40. The van der Waals surface area contributed by atoms with Crippen molar-refractivity contribution >= 4 is 11.2 Å². The first-order valence-corrected chi connectivity index (χ1v) is 11.2. The number of aliphatic hydroxyl groups excluding tert-OH is 1. The van der Waals surface area contributed by atoms with E-state index in [9.17, 15) is 10.4 Å². The Bertz CT molecular complexity index is 1220. The van der Waals surface area contributed by atoms with Crippen LogP contribution >= 0.6 is 0 Å². The van der Waals surface area contributed by atoms with Gasteiger partial charge in [0.05, 0.1) is 30.0 Å². The van der Waals surface area contributed by atoms with Crippen LogP contribution in [0.25, 0.3) is 5.52 Å². The minimum Gasteiger partial charge on any atom is -0.390 e. The van der Waals surface area contributed by atoms with Crippen molar-refractivity contribution in [3.8, 4) is 6.07 Å². The van der Waals surface area contributed by atoms with Gasteiger partial charge >= 0.3 is 0 Å². The molecule has 0 aromatic carbocycles. The molecule has 3 aliphatic heterocycles. The number of nitriles is 1. The molecule has 0 saturated carbocycles. The monoisotopic (exact) mass is 429 g/mol. The van der Waals surface area contributed by atoms with Crippen molar-refractivity contribution in [1.82, 2.24) is 19.4 Å². The summed E-state index contributed by atoms with van der Waals surface area (Å²) in [5, 5.41) is 23.8. The number of piperazine rings is 1. The number of hydrogen-bond donors (Lipinski definition) is 2. The van der Waals surface area contributed by atoms with Crippen LogP contribution in [0, 0.1) is 11.3 Å². The number of aromatic nitrogens is 2. The van der Waals surface area contributed by atoms with Crippen LogP contribution in [0.1, 0.15) is 19.0 Å². The Morgan fingerprint density at radius 1 is 1.16 bits per heavy atom. The summed E-state index contributed by atoms with van der Waals surface area (Å²) in [5.41, 5.74) is 14.1. The number of nitrogens with zero attached hydrogens (tertiary/aromatic N) is 6. The Kier molecular flexibility index (Phi) is 4.32. The van der Waals surface area contributed by atoms with Gasteiger partial charge in [0, 0.05) is 49.7 Å². The van der Waals surface area contributed by atoms with Crippen LogP contribution in [0.15, 0.2) is 59.1 Å². The predicted molar refractivity (Wildman–Crippen MR) is 122 cm³/mol. The molecule has 2 aromatic heterocycles. The van der Waals surface area contributed by atoms with Gasteiger partial charge in [-0.3, -0.25) is 0 Å². The van der Waals surface area contributed by atoms with Gasteiger partial charge in [0.1, 0.15) is 11.8 Å². The SMILES string of the molecule is C[C@@H]1CN(c2ccc(C#N)n3nccc23)CC2=C3CC=C(N4C[C@@H](N)[C@H](O)C4)C=C3CN21. The molecule has 0 radical (unpaired) electrons. The van der Waals surface area contributed by atoms with Gasteiger partial charge in [-0.05, 0) is 48.8 Å². The van der Waals surface area contributed by atoms with Crippen LogP contribution in [-0.2, 0) is 0 Å². The van der Waals surface area contributed by atoms with Gasteiger partial charge in [0.2, 0.25) is 0 Å². The minimum atomic E-state index is -0.453. The molecule has 3 N–H and O–H groups in total. The Labute approximate surface area is 187 Å². The number of nitrogens with two attached hydrogens (primary N) is 1. The Morgan fingerprint density at radius 3 is 2.81 bits per heavy atom. The third-order valence-electron chi connectivity index (χ3n) is 7.30. The first-order chi connectivity index (χ1) is 15.5. The maximum absolute atomic E-state index is 10.1. The summed E-state index contributed by atoms with van der Waals surface area (Å²) in [6.45, 7) is 6.30. The normalized spacial score (nSPS) is 27.4. The fourth-order valence-corrected chi connectivity index (χ4v) is 5.61. The number of hydrogen-bond acceptors (Lipinski definition) is 7. The minimum absolute atomic E-state index is 0.176. The first-order valence-electron chi connectivity index (χ1n) is 11.2. The molecule has 32 heavy (non-hydrogen) atoms. The molecule has 8 heteroatoms. The van der Waals surface area contributed by atoms with E-state index in [1.807, 2.05) is 12.1 Å². The number of fused-ring (bicyclic) bond motifs is 3. The quantitative estimate of drug-likeness (QED) is 0.740. The fraction of sp³-hybridized carbons (Fsp3) is 0.417. The number of pyridine rings is 1. The summed E-state index contributed by atoms with van der Waals surface area (Å²) >= 11 is 0. The number of β-amino-alcohol motifs (C(OH)–C–C–N with tert-alkyl or cyclic N) is 1. The molecule has 2 aromatic rings. The molecule has 0 spiro atoms. The number of allylic oxidation sites excluding steroid dienone is 2. The molecule has 0 unspecified atom stereocenters. The van der Waals surface area contributed by atoms with E-state index in [1.165, 1.54) is 22.5 Å². The fourth-order valence-electron chi connectivity index (χ4n) is 5.61. The first kappa shape index (κ1) is 19.4. The highest BCUT2D eigenvalue weighted by molar-refractivity contribution is 5.74. The van der Waals surface area contributed by atoms with Gasteiger partial charge in [0.15, 0.2) is 0 Å². The second-order valence-electron chi connectivity index (χ2n) is 9.27. The van der Waals surface area contributed by atoms with Crippen molar-refractivity contribution in [2.75, 3.05) is 37.6 Å². The summed E-state index contributed by atoms with van der Waals surface area (Å²) in [7, 11) is 0. The van der Waals surface area contributed by atoms with E-state index in [1.54, 1.807) is 10.7 Å². The average Bonchev–Trinajstić information content (AvgIpc) is 3.50. The maximum atomic E-state index is 10.1. The van der Waals surface area contributed by atoms with Crippen molar-refractivity contribution in [3.05, 3.63) is 64.8 Å². The molecule has 0 bridgehead atoms. The van der Waals surface area contributed by atoms with Crippen molar-refractivity contribution in [2.24, 2.45) is 5.73 Å². The van der Waals surface area contributed by atoms with E-state index in [-0.39, 0.29) is 6.04 Å². The van der Waals surface area contributed by atoms with Gasteiger partial charge in [-0.2, -0.15) is 10.4 Å². The predicted octanol–water partition coefficient (Wildman–Crippen LogP) is 1.20. The molecule has 3 atom stereocenters. The summed E-state index contributed by atoms with van der Waals surface area (Å²) < 4.78 is 1.73. The van der Waals surface area contributed by atoms with Gasteiger partial charge < -0.3 is 25.5 Å². The molecule has 164 valence electrons. The van der Waals surface area contributed by atoms with E-state index in [0.717, 1.165) is 37.3 Å². The molecule has 4 aliphatic rings. The van der Waals surface area contributed by atoms with Gasteiger partial charge in [0.25, 0.3) is 0 Å². The Morgan fingerprint density at radius 2 is 2.03 bits per heavy atom. The van der Waals surface area contributed by atoms with Crippen molar-refractivity contribution in [3.63, 3.8) is 0 Å². The molecule has 5 heterocycles. The summed E-state index contributed by atoms with van der Waals surface area (Å²) in [6, 6.07) is 8.32. The zero-order chi connectivity index (χ0) is 22.0. The van der Waals surface area contributed by atoms with Crippen LogP contribution in [0.4, 0.5) is 5.69 Å². The Balaban J connectivity index is 1.31. The second-order valence-corrected chi connectivity index (χ2v) is 9.27. The van der Waals surface area contributed by atoms with Crippen LogP contribution in [0.5, 0.6) is 0 Å². The van der Waals surface area contributed by atoms with Crippen LogP contribution in [-0.4, -0.2) is 75.4 Å². The van der Waals surface area contributed by atoms with Crippen LogP contribution < -0.4 is 10.6 Å². The molecule has 2 fully saturated rings. The molecule has 8 nitrogen and oxygen atoms in total. The largest absolute Gasteiger partial charge is 0.390 e. The van der Waals surface area contributed by atoms with Gasteiger partial charge in [-0.1, -0.05) is 6.08 Å². The standard InChI is InChI=1S/C24H27N7O/c1-15-10-29(21-5-3-18(9-25)31-22(21)6-7-27-31)13-23-19-4-2-17(8-16(19)11-30(15)23)28-12-20(26)24(32)14-28/h2-3,5-8,15,20,24,32H,4,10-14,26H2,1H3/t15-,20-,24-/m1/s1. The highest BCUT2D eigenvalue weighted by atomic mass is 16.3. The van der Waals surface area contributed by atoms with Crippen molar-refractivity contribution < 1.29 is 5.11 Å². The van der Waals surface area contributed by atoms with E-state index < -0.39 is 6.10 Å². The highest BCUT2D eigenvalue weighted by Gasteiger charge is 2.37. The van der Waals surface area contributed by atoms with Crippen molar-refractivity contribution in [2.45, 2.75) is 31.5 Å². The lowest BCUT2D eigenvalue weighted by molar-refractivity contribution is 0.170. The Hall–Kier alpha value is -3.28. The summed E-state index contributed by atoms with van der Waals surface area (Å²) in [6.07, 6.45) is 6.78. The van der Waals surface area contributed by atoms with Crippen molar-refractivity contribution in [1.29, 1.82) is 5.26 Å². The lowest BCUT2D eigenvalue weighted by atomic mass is 9.96. The topological polar surface area (TPSA) is 97.1 Å². The third kappa shape index (κ3) is 2.85. The lowest BCUT2D eigenvalue weighted by Crippen LogP contribution is -2.49. The number of aliphatic hydroxyl groups is 1. The number of likely N-dealkylation sites (tertiary alicyclic amines) is 1. The number of anilines is 1. The smallest absolute Gasteiger partial charge is 0.142 e. The van der Waals surface area contributed by atoms with E-state index in [2.05, 4.69) is 51.0 Å². The lowest BCUT2D eigenvalue weighted by Gasteiger charge is -2.42. The van der Waals surface area contributed by atoms with Gasteiger partial charge in [-0.15, -0.1) is 0 Å². The molecular formula is C24H27N7O. The maximum Gasteiger partial charge on any atom is 0.142 e. The molecule has 2 saturated heterocycles.